The van der Waals surface area contributed by atoms with Crippen molar-refractivity contribution in [3.8, 4) is 0 Å². The first-order valence-corrected chi connectivity index (χ1v) is 5.80. The van der Waals surface area contributed by atoms with Gasteiger partial charge in [-0.25, -0.2) is 0 Å². The Labute approximate surface area is 105 Å². The molecule has 0 aliphatic carbocycles. The molecular formula is C12H16N2O4. The molecule has 1 aromatic rings. The first-order valence-electron chi connectivity index (χ1n) is 5.80. The second kappa shape index (κ2) is 6.68. The first kappa shape index (κ1) is 14.1. The molecule has 1 rings (SSSR count). The van der Waals surface area contributed by atoms with E-state index >= 15 is 0 Å². The van der Waals surface area contributed by atoms with E-state index in [-0.39, 0.29) is 12.8 Å². The molecule has 18 heavy (non-hydrogen) atoms. The molecule has 0 saturated heterocycles. The van der Waals surface area contributed by atoms with Crippen molar-refractivity contribution in [1.82, 2.24) is 9.97 Å². The van der Waals surface area contributed by atoms with E-state index in [2.05, 4.69) is 9.97 Å². The summed E-state index contributed by atoms with van der Waals surface area (Å²) in [6.45, 7) is 1.91. The van der Waals surface area contributed by atoms with Crippen LogP contribution in [0.4, 0.5) is 0 Å². The van der Waals surface area contributed by atoms with E-state index in [0.29, 0.717) is 30.7 Å². The third kappa shape index (κ3) is 4.48. The van der Waals surface area contributed by atoms with Crippen LogP contribution < -0.4 is 0 Å². The van der Waals surface area contributed by atoms with Gasteiger partial charge in [0.2, 0.25) is 0 Å². The molecule has 0 saturated carbocycles. The van der Waals surface area contributed by atoms with E-state index in [9.17, 15) is 9.59 Å². The Morgan fingerprint density at radius 1 is 1.11 bits per heavy atom. The number of aryl methyl sites for hydroxylation is 3. The summed E-state index contributed by atoms with van der Waals surface area (Å²) in [5.41, 5.74) is 2.06. The van der Waals surface area contributed by atoms with E-state index in [1.165, 1.54) is 6.20 Å². The summed E-state index contributed by atoms with van der Waals surface area (Å²) in [4.78, 5) is 29.5. The van der Waals surface area contributed by atoms with Crippen LogP contribution in [0.5, 0.6) is 0 Å². The summed E-state index contributed by atoms with van der Waals surface area (Å²) in [7, 11) is 0. The van der Waals surface area contributed by atoms with Gasteiger partial charge in [-0.15, -0.1) is 0 Å². The molecule has 0 fully saturated rings. The van der Waals surface area contributed by atoms with Crippen molar-refractivity contribution >= 4 is 11.9 Å². The number of hydrogen-bond acceptors (Lipinski definition) is 4. The van der Waals surface area contributed by atoms with Gasteiger partial charge in [0.1, 0.15) is 0 Å². The predicted octanol–water partition coefficient (Wildman–Crippen LogP) is 1.07. The fraction of sp³-hybridized carbons (Fsp3) is 0.500. The maximum absolute atomic E-state index is 10.5. The third-order valence-electron chi connectivity index (χ3n) is 2.49. The Bertz CT molecular complexity index is 446. The van der Waals surface area contributed by atoms with Crippen molar-refractivity contribution in [2.24, 2.45) is 0 Å². The van der Waals surface area contributed by atoms with Crippen LogP contribution in [0.2, 0.25) is 0 Å². The van der Waals surface area contributed by atoms with E-state index < -0.39 is 11.9 Å². The van der Waals surface area contributed by atoms with Crippen molar-refractivity contribution in [3.05, 3.63) is 23.3 Å². The van der Waals surface area contributed by atoms with Gasteiger partial charge in [-0.1, -0.05) is 6.92 Å². The lowest BCUT2D eigenvalue weighted by molar-refractivity contribution is -0.138. The SMILES string of the molecule is CCc1nc(CCC(=O)O)cnc1CCC(=O)O. The van der Waals surface area contributed by atoms with Crippen LogP contribution in [0.15, 0.2) is 6.20 Å². The maximum atomic E-state index is 10.5. The predicted molar refractivity (Wildman–Crippen MR) is 63.3 cm³/mol. The highest BCUT2D eigenvalue weighted by molar-refractivity contribution is 5.67. The summed E-state index contributed by atoms with van der Waals surface area (Å²) in [6, 6.07) is 0. The van der Waals surface area contributed by atoms with Crippen LogP contribution in [0, 0.1) is 0 Å². The number of aliphatic carboxylic acids is 2. The van der Waals surface area contributed by atoms with E-state index in [1.807, 2.05) is 6.92 Å². The number of nitrogens with zero attached hydrogens (tertiary/aromatic N) is 2. The molecule has 0 amide bonds. The van der Waals surface area contributed by atoms with Crippen molar-refractivity contribution in [3.63, 3.8) is 0 Å². The number of carboxylic acid groups (broad SMARTS) is 2. The molecule has 0 aromatic carbocycles. The minimum Gasteiger partial charge on any atom is -0.481 e. The van der Waals surface area contributed by atoms with Gasteiger partial charge in [-0.2, -0.15) is 0 Å². The first-order chi connectivity index (χ1) is 8.52. The van der Waals surface area contributed by atoms with Gasteiger partial charge in [0, 0.05) is 19.0 Å². The average molecular weight is 252 g/mol. The van der Waals surface area contributed by atoms with Crippen LogP contribution in [0.25, 0.3) is 0 Å². The van der Waals surface area contributed by atoms with Crippen LogP contribution in [0.1, 0.15) is 36.8 Å². The largest absolute Gasteiger partial charge is 0.481 e. The van der Waals surface area contributed by atoms with Crippen LogP contribution >= 0.6 is 0 Å². The quantitative estimate of drug-likeness (QED) is 0.753. The van der Waals surface area contributed by atoms with E-state index in [4.69, 9.17) is 10.2 Å². The molecule has 0 unspecified atom stereocenters. The highest BCUT2D eigenvalue weighted by Crippen LogP contribution is 2.09. The van der Waals surface area contributed by atoms with Gasteiger partial charge < -0.3 is 10.2 Å². The zero-order chi connectivity index (χ0) is 13.5. The Balaban J connectivity index is 2.75. The second-order valence-corrected chi connectivity index (χ2v) is 3.90. The standard InChI is InChI=1S/C12H16N2O4/c1-2-9-10(4-6-12(17)18)13-7-8(14-9)3-5-11(15)16/h7H,2-6H2,1H3,(H,15,16)(H,17,18). The minimum atomic E-state index is -0.871. The Hall–Kier alpha value is -1.98. The van der Waals surface area contributed by atoms with Gasteiger partial charge in [-0.05, 0) is 6.42 Å². The molecule has 6 nitrogen and oxygen atoms in total. The zero-order valence-electron chi connectivity index (χ0n) is 10.2. The minimum absolute atomic E-state index is 0.0201. The number of carboxylic acids is 2. The Morgan fingerprint density at radius 3 is 2.28 bits per heavy atom. The fourth-order valence-electron chi connectivity index (χ4n) is 1.57. The van der Waals surface area contributed by atoms with Crippen molar-refractivity contribution in [1.29, 1.82) is 0 Å². The number of hydrogen-bond donors (Lipinski definition) is 2. The van der Waals surface area contributed by atoms with Crippen molar-refractivity contribution in [2.75, 3.05) is 0 Å². The number of aromatic nitrogens is 2. The van der Waals surface area contributed by atoms with Crippen molar-refractivity contribution < 1.29 is 19.8 Å². The van der Waals surface area contributed by atoms with Gasteiger partial charge in [0.25, 0.3) is 0 Å². The third-order valence-corrected chi connectivity index (χ3v) is 2.49. The van der Waals surface area contributed by atoms with E-state index in [0.717, 1.165) is 5.69 Å². The molecule has 1 heterocycles. The summed E-state index contributed by atoms with van der Waals surface area (Å²) in [5, 5.41) is 17.2. The van der Waals surface area contributed by atoms with Crippen LogP contribution in [-0.4, -0.2) is 32.1 Å². The van der Waals surface area contributed by atoms with Gasteiger partial charge in [0.05, 0.1) is 29.9 Å². The van der Waals surface area contributed by atoms with Gasteiger partial charge in [0.15, 0.2) is 0 Å². The molecule has 2 N–H and O–H groups in total. The number of carbonyl (C=O) groups is 2. The summed E-state index contributed by atoms with van der Waals surface area (Å²) >= 11 is 0. The van der Waals surface area contributed by atoms with Crippen LogP contribution in [0.3, 0.4) is 0 Å². The Morgan fingerprint density at radius 2 is 1.72 bits per heavy atom. The molecule has 0 bridgehead atoms. The smallest absolute Gasteiger partial charge is 0.303 e. The fourth-order valence-corrected chi connectivity index (χ4v) is 1.57. The molecular weight excluding hydrogens is 236 g/mol. The highest BCUT2D eigenvalue weighted by atomic mass is 16.4. The molecule has 1 aromatic heterocycles. The topological polar surface area (TPSA) is 100 Å². The average Bonchev–Trinajstić information content (AvgIpc) is 2.34. The van der Waals surface area contributed by atoms with Gasteiger partial charge >= 0.3 is 11.9 Å². The monoisotopic (exact) mass is 252 g/mol. The summed E-state index contributed by atoms with van der Waals surface area (Å²) < 4.78 is 0. The summed E-state index contributed by atoms with van der Waals surface area (Å²) in [5.74, 6) is -1.74. The van der Waals surface area contributed by atoms with E-state index in [1.54, 1.807) is 0 Å². The molecule has 0 atom stereocenters. The number of rotatable bonds is 7. The maximum Gasteiger partial charge on any atom is 0.303 e. The Kier molecular flexibility index (Phi) is 5.23. The normalized spacial score (nSPS) is 10.3. The highest BCUT2D eigenvalue weighted by Gasteiger charge is 2.09. The zero-order valence-corrected chi connectivity index (χ0v) is 10.2. The molecule has 0 radical (unpaired) electrons. The molecule has 6 heteroatoms. The lowest BCUT2D eigenvalue weighted by Crippen LogP contribution is -2.08. The molecule has 98 valence electrons. The summed E-state index contributed by atoms with van der Waals surface area (Å²) in [6.07, 6.45) is 2.92. The lowest BCUT2D eigenvalue weighted by Gasteiger charge is -2.07. The molecule has 0 aliphatic rings. The molecule has 0 spiro atoms. The molecule has 0 aliphatic heterocycles. The lowest BCUT2D eigenvalue weighted by atomic mass is 10.1. The van der Waals surface area contributed by atoms with Crippen molar-refractivity contribution in [2.45, 2.75) is 39.0 Å². The van der Waals surface area contributed by atoms with Crippen LogP contribution in [-0.2, 0) is 28.9 Å². The second-order valence-electron chi connectivity index (χ2n) is 3.90. The van der Waals surface area contributed by atoms with Gasteiger partial charge in [-0.3, -0.25) is 19.6 Å².